The number of hydrogen-bond donors (Lipinski definition) is 2. The van der Waals surface area contributed by atoms with Crippen LogP contribution in [0, 0.1) is 6.92 Å². The quantitative estimate of drug-likeness (QED) is 0.898. The van der Waals surface area contributed by atoms with E-state index in [4.69, 9.17) is 17.3 Å². The molecule has 2 rings (SSSR count). The van der Waals surface area contributed by atoms with Crippen molar-refractivity contribution in [3.05, 3.63) is 28.8 Å². The van der Waals surface area contributed by atoms with Crippen LogP contribution < -0.4 is 11.1 Å². The highest BCUT2D eigenvalue weighted by molar-refractivity contribution is 6.31. The topological polar surface area (TPSA) is 58.4 Å². The lowest BCUT2D eigenvalue weighted by atomic mass is 10.2. The number of likely N-dealkylation sites (tertiary alicyclic amines) is 1. The molecule has 3 N–H and O–H groups in total. The molecule has 1 aliphatic heterocycles. The summed E-state index contributed by atoms with van der Waals surface area (Å²) in [5, 5.41) is 3.55. The number of benzene rings is 1. The van der Waals surface area contributed by atoms with Gasteiger partial charge in [-0.3, -0.25) is 9.69 Å². The van der Waals surface area contributed by atoms with Crippen LogP contribution in [0.5, 0.6) is 0 Å². The van der Waals surface area contributed by atoms with Gasteiger partial charge < -0.3 is 11.1 Å². The number of halogens is 2. The standard InChI is InChI=1S/C13H18ClN3O.ClH/c1-9-11(14)3-2-4-12(9)16-13(18)8-17-6-5-10(15)7-17;/h2-4,10H,5-8,15H2,1H3,(H,16,18);1H/t10-;/m1./s1. The van der Waals surface area contributed by atoms with Crippen molar-refractivity contribution in [2.75, 3.05) is 25.0 Å². The first-order valence-electron chi connectivity index (χ1n) is 6.09. The largest absolute Gasteiger partial charge is 0.326 e. The molecule has 0 aromatic heterocycles. The second-order valence-corrected chi connectivity index (χ2v) is 5.15. The molecule has 1 aliphatic rings. The highest BCUT2D eigenvalue weighted by Gasteiger charge is 2.21. The molecule has 106 valence electrons. The molecule has 4 nitrogen and oxygen atoms in total. The molecular weight excluding hydrogens is 285 g/mol. The molecule has 1 atom stereocenters. The second kappa shape index (κ2) is 7.10. The Bertz CT molecular complexity index is 454. The number of anilines is 1. The van der Waals surface area contributed by atoms with Crippen molar-refractivity contribution in [1.82, 2.24) is 4.90 Å². The lowest BCUT2D eigenvalue weighted by molar-refractivity contribution is -0.117. The van der Waals surface area contributed by atoms with Gasteiger partial charge >= 0.3 is 0 Å². The number of nitrogens with one attached hydrogen (secondary N) is 1. The molecule has 0 unspecified atom stereocenters. The molecule has 1 saturated heterocycles. The zero-order valence-corrected chi connectivity index (χ0v) is 12.4. The highest BCUT2D eigenvalue weighted by Crippen LogP contribution is 2.22. The average Bonchev–Trinajstić information content (AvgIpc) is 2.70. The van der Waals surface area contributed by atoms with E-state index in [9.17, 15) is 4.79 Å². The van der Waals surface area contributed by atoms with Crippen molar-refractivity contribution >= 4 is 35.6 Å². The zero-order valence-electron chi connectivity index (χ0n) is 10.9. The Morgan fingerprint density at radius 3 is 2.95 bits per heavy atom. The van der Waals surface area contributed by atoms with Crippen LogP contribution in [0.3, 0.4) is 0 Å². The van der Waals surface area contributed by atoms with Crippen molar-refractivity contribution < 1.29 is 4.79 Å². The Kier molecular flexibility index (Phi) is 6.07. The molecular formula is C13H19Cl2N3O. The zero-order chi connectivity index (χ0) is 13.1. The van der Waals surface area contributed by atoms with Gasteiger partial charge in [0, 0.05) is 29.8 Å². The van der Waals surface area contributed by atoms with Crippen molar-refractivity contribution in [2.45, 2.75) is 19.4 Å². The summed E-state index contributed by atoms with van der Waals surface area (Å²) in [5.74, 6) is -0.0190. The van der Waals surface area contributed by atoms with E-state index in [2.05, 4.69) is 10.2 Å². The fraction of sp³-hybridized carbons (Fsp3) is 0.462. The van der Waals surface area contributed by atoms with Crippen LogP contribution >= 0.6 is 24.0 Å². The third-order valence-corrected chi connectivity index (χ3v) is 3.63. The molecule has 1 amide bonds. The molecule has 1 aromatic rings. The summed E-state index contributed by atoms with van der Waals surface area (Å²) < 4.78 is 0. The van der Waals surface area contributed by atoms with Crippen LogP contribution in [0.4, 0.5) is 5.69 Å². The van der Waals surface area contributed by atoms with E-state index in [0.717, 1.165) is 30.8 Å². The molecule has 1 heterocycles. The van der Waals surface area contributed by atoms with Crippen LogP contribution in [0.15, 0.2) is 18.2 Å². The number of hydrogen-bond acceptors (Lipinski definition) is 3. The van der Waals surface area contributed by atoms with Gasteiger partial charge in [-0.25, -0.2) is 0 Å². The lowest BCUT2D eigenvalue weighted by Crippen LogP contribution is -2.33. The second-order valence-electron chi connectivity index (χ2n) is 4.74. The first-order valence-corrected chi connectivity index (χ1v) is 6.47. The molecule has 0 spiro atoms. The number of amides is 1. The molecule has 1 fully saturated rings. The maximum atomic E-state index is 11.9. The minimum absolute atomic E-state index is 0. The van der Waals surface area contributed by atoms with Crippen LogP contribution in [-0.2, 0) is 4.79 Å². The Labute approximate surface area is 124 Å². The molecule has 0 aliphatic carbocycles. The van der Waals surface area contributed by atoms with Gasteiger partial charge in [0.05, 0.1) is 6.54 Å². The predicted molar refractivity (Wildman–Crippen MR) is 81.1 cm³/mol. The Morgan fingerprint density at radius 2 is 2.32 bits per heavy atom. The van der Waals surface area contributed by atoms with Crippen LogP contribution in [0.1, 0.15) is 12.0 Å². The van der Waals surface area contributed by atoms with E-state index in [1.165, 1.54) is 0 Å². The third-order valence-electron chi connectivity index (χ3n) is 3.22. The minimum atomic E-state index is -0.0190. The van der Waals surface area contributed by atoms with Crippen molar-refractivity contribution in [2.24, 2.45) is 5.73 Å². The van der Waals surface area contributed by atoms with Gasteiger partial charge in [-0.1, -0.05) is 17.7 Å². The predicted octanol–water partition coefficient (Wildman–Crippen LogP) is 2.04. The molecule has 6 heteroatoms. The lowest BCUT2D eigenvalue weighted by Gasteiger charge is -2.15. The van der Waals surface area contributed by atoms with Crippen LogP contribution in [-0.4, -0.2) is 36.5 Å². The van der Waals surface area contributed by atoms with Crippen molar-refractivity contribution in [3.8, 4) is 0 Å². The summed E-state index contributed by atoms with van der Waals surface area (Å²) in [5.41, 5.74) is 7.47. The summed E-state index contributed by atoms with van der Waals surface area (Å²) in [4.78, 5) is 14.0. The van der Waals surface area contributed by atoms with Gasteiger partial charge in [0.1, 0.15) is 0 Å². The molecule has 1 aromatic carbocycles. The number of nitrogens with zero attached hydrogens (tertiary/aromatic N) is 1. The summed E-state index contributed by atoms with van der Waals surface area (Å²) in [6.45, 7) is 3.97. The monoisotopic (exact) mass is 303 g/mol. The molecule has 19 heavy (non-hydrogen) atoms. The van der Waals surface area contributed by atoms with Crippen LogP contribution in [0.25, 0.3) is 0 Å². The van der Waals surface area contributed by atoms with E-state index in [0.29, 0.717) is 11.6 Å². The fourth-order valence-corrected chi connectivity index (χ4v) is 2.32. The van der Waals surface area contributed by atoms with E-state index in [-0.39, 0.29) is 24.4 Å². The number of carbonyl (C=O) groups excluding carboxylic acids is 1. The Balaban J connectivity index is 0.00000180. The Morgan fingerprint density at radius 1 is 1.58 bits per heavy atom. The number of nitrogens with two attached hydrogens (primary N) is 1. The van der Waals surface area contributed by atoms with Gasteiger partial charge in [0.15, 0.2) is 0 Å². The van der Waals surface area contributed by atoms with E-state index in [1.807, 2.05) is 25.1 Å². The highest BCUT2D eigenvalue weighted by atomic mass is 35.5. The minimum Gasteiger partial charge on any atom is -0.326 e. The van der Waals surface area contributed by atoms with Gasteiger partial charge in [0.2, 0.25) is 5.91 Å². The molecule has 0 radical (unpaired) electrons. The van der Waals surface area contributed by atoms with E-state index in [1.54, 1.807) is 0 Å². The average molecular weight is 304 g/mol. The summed E-state index contributed by atoms with van der Waals surface area (Å²) in [6.07, 6.45) is 0.962. The number of carbonyl (C=O) groups is 1. The maximum absolute atomic E-state index is 11.9. The fourth-order valence-electron chi connectivity index (χ4n) is 2.14. The molecule has 0 saturated carbocycles. The normalized spacial score (nSPS) is 19.0. The van der Waals surface area contributed by atoms with Crippen LogP contribution in [0.2, 0.25) is 5.02 Å². The number of rotatable bonds is 3. The Hall–Kier alpha value is -0.810. The first-order chi connectivity index (χ1) is 8.56. The van der Waals surface area contributed by atoms with E-state index >= 15 is 0 Å². The summed E-state index contributed by atoms with van der Waals surface area (Å²) in [6, 6.07) is 5.70. The molecule has 0 bridgehead atoms. The maximum Gasteiger partial charge on any atom is 0.238 e. The summed E-state index contributed by atoms with van der Waals surface area (Å²) in [7, 11) is 0. The van der Waals surface area contributed by atoms with Gasteiger partial charge in [-0.15, -0.1) is 12.4 Å². The van der Waals surface area contributed by atoms with Crippen molar-refractivity contribution in [3.63, 3.8) is 0 Å². The smallest absolute Gasteiger partial charge is 0.238 e. The summed E-state index contributed by atoms with van der Waals surface area (Å²) >= 11 is 6.01. The first kappa shape index (κ1) is 16.2. The van der Waals surface area contributed by atoms with Gasteiger partial charge in [-0.2, -0.15) is 0 Å². The third kappa shape index (κ3) is 4.35. The van der Waals surface area contributed by atoms with Crippen molar-refractivity contribution in [1.29, 1.82) is 0 Å². The SMILES string of the molecule is Cc1c(Cl)cccc1NC(=O)CN1CC[C@@H](N)C1.Cl. The van der Waals surface area contributed by atoms with Gasteiger partial charge in [0.25, 0.3) is 0 Å². The van der Waals surface area contributed by atoms with Gasteiger partial charge in [-0.05, 0) is 31.0 Å². The van der Waals surface area contributed by atoms with E-state index < -0.39 is 0 Å².